The minimum absolute atomic E-state index is 0.0327. The first kappa shape index (κ1) is 20.6. The van der Waals surface area contributed by atoms with Crippen LogP contribution in [-0.4, -0.2) is 32.6 Å². The Hall–Kier alpha value is -3.62. The number of para-hydroxylation sites is 1. The molecule has 7 nitrogen and oxygen atoms in total. The summed E-state index contributed by atoms with van der Waals surface area (Å²) in [5.74, 6) is -1.55. The Bertz CT molecular complexity index is 1090. The summed E-state index contributed by atoms with van der Waals surface area (Å²) >= 11 is 0. The predicted octanol–water partition coefficient (Wildman–Crippen LogP) is 3.47. The lowest BCUT2D eigenvalue weighted by Crippen LogP contribution is -2.40. The van der Waals surface area contributed by atoms with Crippen molar-refractivity contribution >= 4 is 17.6 Å². The van der Waals surface area contributed by atoms with Gasteiger partial charge >= 0.3 is 0 Å². The Morgan fingerprint density at radius 1 is 0.968 bits per heavy atom. The van der Waals surface area contributed by atoms with Crippen LogP contribution in [0, 0.1) is 17.7 Å². The first-order valence-corrected chi connectivity index (χ1v) is 10.0. The van der Waals surface area contributed by atoms with Crippen LogP contribution in [0.25, 0.3) is 5.69 Å². The van der Waals surface area contributed by atoms with Gasteiger partial charge in [0.25, 0.3) is 5.91 Å². The molecule has 0 aliphatic heterocycles. The van der Waals surface area contributed by atoms with Crippen LogP contribution in [0.2, 0.25) is 0 Å². The van der Waals surface area contributed by atoms with Crippen molar-refractivity contribution in [2.24, 2.45) is 5.92 Å². The molecule has 0 radical (unpaired) electrons. The highest BCUT2D eigenvalue weighted by Gasteiger charge is 2.28. The van der Waals surface area contributed by atoms with Gasteiger partial charge in [-0.1, -0.05) is 18.2 Å². The summed E-state index contributed by atoms with van der Waals surface area (Å²) in [6.45, 7) is 0. The summed E-state index contributed by atoms with van der Waals surface area (Å²) in [6.07, 6.45) is 4.04. The van der Waals surface area contributed by atoms with Crippen molar-refractivity contribution in [1.29, 1.82) is 0 Å². The molecule has 0 unspecified atom stereocenters. The van der Waals surface area contributed by atoms with E-state index in [1.165, 1.54) is 28.9 Å². The Kier molecular flexibility index (Phi) is 6.01. The number of hydrogen-bond donors (Lipinski definition) is 2. The van der Waals surface area contributed by atoms with E-state index in [2.05, 4.69) is 20.7 Å². The number of hydrogen-bond acceptors (Lipinski definition) is 4. The van der Waals surface area contributed by atoms with Gasteiger partial charge < -0.3 is 10.6 Å². The van der Waals surface area contributed by atoms with E-state index in [0.29, 0.717) is 37.2 Å². The van der Waals surface area contributed by atoms with E-state index in [0.717, 1.165) is 0 Å². The fourth-order valence-electron chi connectivity index (χ4n) is 3.68. The molecule has 0 atom stereocenters. The highest BCUT2D eigenvalue weighted by molar-refractivity contribution is 5.93. The predicted molar refractivity (Wildman–Crippen MR) is 110 cm³/mol. The number of anilines is 1. The van der Waals surface area contributed by atoms with E-state index in [4.69, 9.17) is 0 Å². The quantitative estimate of drug-likeness (QED) is 0.613. The van der Waals surface area contributed by atoms with Gasteiger partial charge in [-0.2, -0.15) is 4.39 Å². The summed E-state index contributed by atoms with van der Waals surface area (Å²) in [4.78, 5) is 28.4. The number of nitrogens with one attached hydrogen (secondary N) is 2. The molecule has 2 N–H and O–H groups in total. The molecule has 31 heavy (non-hydrogen) atoms. The highest BCUT2D eigenvalue weighted by atomic mass is 19.1. The van der Waals surface area contributed by atoms with Gasteiger partial charge in [0.2, 0.25) is 11.9 Å². The molecule has 160 valence electrons. The Balaban J connectivity index is 1.29. The Morgan fingerprint density at radius 3 is 2.48 bits per heavy atom. The van der Waals surface area contributed by atoms with Crippen molar-refractivity contribution in [2.75, 3.05) is 5.32 Å². The van der Waals surface area contributed by atoms with E-state index in [-0.39, 0.29) is 23.6 Å². The van der Waals surface area contributed by atoms with Gasteiger partial charge in [0.1, 0.15) is 17.2 Å². The van der Waals surface area contributed by atoms with Crippen molar-refractivity contribution in [3.05, 3.63) is 72.2 Å². The van der Waals surface area contributed by atoms with Gasteiger partial charge in [-0.25, -0.2) is 14.1 Å². The first-order valence-electron chi connectivity index (χ1n) is 10.0. The first-order chi connectivity index (χ1) is 15.0. The number of nitrogens with zero attached hydrogens (tertiary/aromatic N) is 3. The standard InChI is InChI=1S/C22H21F2N5O2/c23-16-4-1-2-6-18(16)29-13-12-20(28-29)27-21(30)14-8-10-15(11-9-14)25-22(31)17-5-3-7-19(24)26-17/h1-7,12-15H,8-11H2,(H,25,31)(H,27,28,30). The molecule has 1 aromatic carbocycles. The summed E-state index contributed by atoms with van der Waals surface area (Å²) in [5, 5.41) is 9.85. The van der Waals surface area contributed by atoms with Crippen LogP contribution in [-0.2, 0) is 4.79 Å². The molecule has 3 aromatic rings. The highest BCUT2D eigenvalue weighted by Crippen LogP contribution is 2.26. The summed E-state index contributed by atoms with van der Waals surface area (Å²) in [6, 6.07) is 11.8. The molecule has 1 aliphatic carbocycles. The van der Waals surface area contributed by atoms with Crippen LogP contribution in [0.15, 0.2) is 54.7 Å². The van der Waals surface area contributed by atoms with E-state index in [1.807, 2.05) is 0 Å². The van der Waals surface area contributed by atoms with Gasteiger partial charge in [0, 0.05) is 24.2 Å². The fraction of sp³-hybridized carbons (Fsp3) is 0.273. The van der Waals surface area contributed by atoms with Gasteiger partial charge in [-0.3, -0.25) is 9.59 Å². The topological polar surface area (TPSA) is 88.9 Å². The lowest BCUT2D eigenvalue weighted by atomic mass is 9.85. The average molecular weight is 425 g/mol. The molecule has 2 heterocycles. The SMILES string of the molecule is O=C(NC1CCC(C(=O)Nc2ccn(-c3ccccc3F)n2)CC1)c1cccc(F)n1. The van der Waals surface area contributed by atoms with Crippen LogP contribution < -0.4 is 10.6 Å². The molecular weight excluding hydrogens is 404 g/mol. The van der Waals surface area contributed by atoms with Gasteiger partial charge in [0.05, 0.1) is 0 Å². The van der Waals surface area contributed by atoms with Crippen LogP contribution in [0.3, 0.4) is 0 Å². The minimum Gasteiger partial charge on any atom is -0.348 e. The zero-order valence-corrected chi connectivity index (χ0v) is 16.6. The summed E-state index contributed by atoms with van der Waals surface area (Å²) < 4.78 is 28.4. The number of halogens is 2. The van der Waals surface area contributed by atoms with Crippen molar-refractivity contribution in [2.45, 2.75) is 31.7 Å². The summed E-state index contributed by atoms with van der Waals surface area (Å²) in [5.41, 5.74) is 0.331. The van der Waals surface area contributed by atoms with E-state index < -0.39 is 17.7 Å². The number of benzene rings is 1. The third-order valence-corrected chi connectivity index (χ3v) is 5.32. The smallest absolute Gasteiger partial charge is 0.270 e. The largest absolute Gasteiger partial charge is 0.348 e. The lowest BCUT2D eigenvalue weighted by Gasteiger charge is -2.28. The number of aromatic nitrogens is 3. The van der Waals surface area contributed by atoms with Crippen molar-refractivity contribution < 1.29 is 18.4 Å². The Labute approximate surface area is 177 Å². The molecule has 0 bridgehead atoms. The number of carbonyl (C=O) groups excluding carboxylic acids is 2. The van der Waals surface area contributed by atoms with Crippen LogP contribution >= 0.6 is 0 Å². The average Bonchev–Trinajstić information content (AvgIpc) is 3.22. The van der Waals surface area contributed by atoms with Gasteiger partial charge in [-0.05, 0) is 49.9 Å². The maximum Gasteiger partial charge on any atom is 0.270 e. The van der Waals surface area contributed by atoms with E-state index >= 15 is 0 Å². The van der Waals surface area contributed by atoms with Crippen molar-refractivity contribution in [3.63, 3.8) is 0 Å². The van der Waals surface area contributed by atoms with E-state index in [9.17, 15) is 18.4 Å². The minimum atomic E-state index is -0.703. The third kappa shape index (κ3) is 4.93. The van der Waals surface area contributed by atoms with Gasteiger partial charge in [-0.15, -0.1) is 5.10 Å². The maximum atomic E-state index is 13.9. The van der Waals surface area contributed by atoms with E-state index in [1.54, 1.807) is 30.5 Å². The fourth-order valence-corrected chi connectivity index (χ4v) is 3.68. The maximum absolute atomic E-state index is 13.9. The van der Waals surface area contributed by atoms with Crippen molar-refractivity contribution in [3.8, 4) is 5.69 Å². The molecule has 1 saturated carbocycles. The second-order valence-corrected chi connectivity index (χ2v) is 7.45. The molecule has 1 aliphatic rings. The van der Waals surface area contributed by atoms with Crippen LogP contribution in [0.1, 0.15) is 36.2 Å². The molecule has 0 spiro atoms. The molecule has 4 rings (SSSR count). The lowest BCUT2D eigenvalue weighted by molar-refractivity contribution is -0.120. The molecule has 1 fully saturated rings. The zero-order valence-electron chi connectivity index (χ0n) is 16.6. The second-order valence-electron chi connectivity index (χ2n) is 7.45. The molecule has 2 aromatic heterocycles. The monoisotopic (exact) mass is 425 g/mol. The van der Waals surface area contributed by atoms with Crippen LogP contribution in [0.5, 0.6) is 0 Å². The number of amides is 2. The second kappa shape index (κ2) is 9.03. The number of carbonyl (C=O) groups is 2. The van der Waals surface area contributed by atoms with Crippen LogP contribution in [0.4, 0.5) is 14.6 Å². The van der Waals surface area contributed by atoms with Gasteiger partial charge in [0.15, 0.2) is 5.82 Å². The zero-order chi connectivity index (χ0) is 21.8. The molecule has 0 saturated heterocycles. The molecular formula is C22H21F2N5O2. The summed E-state index contributed by atoms with van der Waals surface area (Å²) in [7, 11) is 0. The number of rotatable bonds is 5. The normalized spacial score (nSPS) is 18.4. The van der Waals surface area contributed by atoms with Crippen molar-refractivity contribution in [1.82, 2.24) is 20.1 Å². The molecule has 2 amide bonds. The third-order valence-electron chi connectivity index (χ3n) is 5.32. The molecule has 9 heteroatoms. The number of pyridine rings is 1. The Morgan fingerprint density at radius 2 is 1.74 bits per heavy atom.